The molecular formula is C23H27N7O3. The lowest BCUT2D eigenvalue weighted by Crippen LogP contribution is -2.48. The molecule has 2 aliphatic heterocycles. The van der Waals surface area contributed by atoms with Crippen LogP contribution in [0.15, 0.2) is 54.6 Å². The molecule has 2 N–H and O–H groups in total. The molecule has 3 heterocycles. The molecule has 3 aromatic rings. The highest BCUT2D eigenvalue weighted by Crippen LogP contribution is 2.35. The number of rotatable bonds is 6. The van der Waals surface area contributed by atoms with Gasteiger partial charge in [-0.3, -0.25) is 0 Å². The van der Waals surface area contributed by atoms with Crippen LogP contribution >= 0.6 is 0 Å². The number of hydrogen-bond acceptors (Lipinski definition) is 7. The Balaban J connectivity index is 1.23. The van der Waals surface area contributed by atoms with E-state index in [1.54, 1.807) is 4.68 Å². The monoisotopic (exact) mass is 449 g/mol. The second-order valence-electron chi connectivity index (χ2n) is 8.47. The molecule has 4 atom stereocenters. The van der Waals surface area contributed by atoms with Crippen molar-refractivity contribution in [2.75, 3.05) is 32.2 Å². The van der Waals surface area contributed by atoms with Crippen LogP contribution in [0.3, 0.4) is 0 Å². The Kier molecular flexibility index (Phi) is 5.93. The summed E-state index contributed by atoms with van der Waals surface area (Å²) in [6, 6.07) is 17.2. The van der Waals surface area contributed by atoms with Crippen LogP contribution in [0, 0.1) is 0 Å². The third kappa shape index (κ3) is 4.39. The van der Waals surface area contributed by atoms with E-state index >= 15 is 0 Å². The number of amides is 2. The summed E-state index contributed by atoms with van der Waals surface area (Å²) in [5.41, 5.74) is 3.05. The zero-order valence-electron chi connectivity index (χ0n) is 18.6. The zero-order valence-corrected chi connectivity index (χ0v) is 18.6. The highest BCUT2D eigenvalue weighted by atomic mass is 16.6. The number of hydrogen-bond donors (Lipinski definition) is 2. The van der Waals surface area contributed by atoms with Crippen LogP contribution in [-0.2, 0) is 16.0 Å². The summed E-state index contributed by atoms with van der Waals surface area (Å²) >= 11 is 0. The predicted molar refractivity (Wildman–Crippen MR) is 122 cm³/mol. The van der Waals surface area contributed by atoms with Gasteiger partial charge >= 0.3 is 6.03 Å². The minimum atomic E-state index is -0.259. The van der Waals surface area contributed by atoms with Crippen molar-refractivity contribution in [1.29, 1.82) is 0 Å². The Morgan fingerprint density at radius 2 is 1.82 bits per heavy atom. The fourth-order valence-electron chi connectivity index (χ4n) is 4.33. The largest absolute Gasteiger partial charge is 0.378 e. The van der Waals surface area contributed by atoms with Crippen molar-refractivity contribution in [3.63, 3.8) is 0 Å². The Bertz CT molecular complexity index is 1090. The first kappa shape index (κ1) is 21.4. The van der Waals surface area contributed by atoms with Gasteiger partial charge in [-0.2, -0.15) is 0 Å². The number of benzene rings is 2. The standard InChI is InChI=1S/C23H27N7O3/c1-29(2)17-10-8-16(9-11-17)22-26-27-28-30(22)19-14-33-20-18(13-32-21(19)20)25-23(31)24-12-15-6-4-3-5-7-15/h3-11,18-21H,12-14H2,1-2H3,(H2,24,25,31)/t18-,19+,20-,21+/m0/s1. The molecule has 2 fully saturated rings. The summed E-state index contributed by atoms with van der Waals surface area (Å²) in [5.74, 6) is 0.662. The third-order valence-electron chi connectivity index (χ3n) is 6.09. The molecule has 10 heteroatoms. The molecular weight excluding hydrogens is 422 g/mol. The van der Waals surface area contributed by atoms with Crippen molar-refractivity contribution < 1.29 is 14.3 Å². The van der Waals surface area contributed by atoms with Crippen LogP contribution in [-0.4, -0.2) is 71.8 Å². The number of nitrogens with one attached hydrogen (secondary N) is 2. The molecule has 172 valence electrons. The van der Waals surface area contributed by atoms with Gasteiger partial charge in [-0.1, -0.05) is 30.3 Å². The number of carbonyl (C=O) groups is 1. The minimum Gasteiger partial charge on any atom is -0.378 e. The van der Waals surface area contributed by atoms with Crippen LogP contribution in [0.25, 0.3) is 11.4 Å². The van der Waals surface area contributed by atoms with Crippen LogP contribution < -0.4 is 15.5 Å². The number of carbonyl (C=O) groups excluding carboxylic acids is 1. The number of aromatic nitrogens is 4. The molecule has 2 amide bonds. The molecule has 1 aromatic heterocycles. The first-order valence-corrected chi connectivity index (χ1v) is 11.0. The second-order valence-corrected chi connectivity index (χ2v) is 8.47. The number of fused-ring (bicyclic) bond motifs is 1. The van der Waals surface area contributed by atoms with Crippen molar-refractivity contribution in [3.8, 4) is 11.4 Å². The van der Waals surface area contributed by atoms with Crippen LogP contribution in [0.1, 0.15) is 11.6 Å². The molecule has 2 aliphatic rings. The number of ether oxygens (including phenoxy) is 2. The first-order chi connectivity index (χ1) is 16.1. The van der Waals surface area contributed by atoms with E-state index in [9.17, 15) is 4.79 Å². The summed E-state index contributed by atoms with van der Waals surface area (Å²) in [6.07, 6.45) is -0.502. The molecule has 33 heavy (non-hydrogen) atoms. The molecule has 5 rings (SSSR count). The molecule has 10 nitrogen and oxygen atoms in total. The van der Waals surface area contributed by atoms with Crippen molar-refractivity contribution in [2.24, 2.45) is 0 Å². The lowest BCUT2D eigenvalue weighted by Gasteiger charge is -2.18. The van der Waals surface area contributed by atoms with E-state index in [1.807, 2.05) is 73.6 Å². The molecule has 0 radical (unpaired) electrons. The number of urea groups is 1. The average Bonchev–Trinajstić information content (AvgIpc) is 3.56. The van der Waals surface area contributed by atoms with E-state index in [4.69, 9.17) is 9.47 Å². The van der Waals surface area contributed by atoms with Gasteiger partial charge in [-0.25, -0.2) is 9.48 Å². The first-order valence-electron chi connectivity index (χ1n) is 11.0. The SMILES string of the molecule is CN(C)c1ccc(-c2nnnn2[C@@H]2CO[C@@H]3[C@@H]2OC[C@@H]3NC(=O)NCc2ccccc2)cc1. The maximum Gasteiger partial charge on any atom is 0.315 e. The summed E-state index contributed by atoms with van der Waals surface area (Å²) in [4.78, 5) is 14.5. The van der Waals surface area contributed by atoms with Crippen molar-refractivity contribution >= 4 is 11.7 Å². The van der Waals surface area contributed by atoms with E-state index in [-0.39, 0.29) is 30.3 Å². The maximum absolute atomic E-state index is 12.4. The van der Waals surface area contributed by atoms with E-state index < -0.39 is 0 Å². The molecule has 0 spiro atoms. The second kappa shape index (κ2) is 9.16. The maximum atomic E-state index is 12.4. The van der Waals surface area contributed by atoms with Gasteiger partial charge in [0.05, 0.1) is 19.3 Å². The van der Waals surface area contributed by atoms with Gasteiger partial charge in [0.25, 0.3) is 0 Å². The average molecular weight is 450 g/mol. The number of nitrogens with zero attached hydrogens (tertiary/aromatic N) is 5. The minimum absolute atomic E-state index is 0.173. The van der Waals surface area contributed by atoms with Gasteiger partial charge in [0.2, 0.25) is 0 Å². The number of tetrazole rings is 1. The molecule has 2 saturated heterocycles. The molecule has 2 aromatic carbocycles. The summed E-state index contributed by atoms with van der Waals surface area (Å²) in [7, 11) is 4.00. The van der Waals surface area contributed by atoms with Gasteiger partial charge in [0, 0.05) is 31.9 Å². The Labute approximate surface area is 191 Å². The summed E-state index contributed by atoms with van der Waals surface area (Å²) in [6.45, 7) is 1.24. The molecule has 0 aliphatic carbocycles. The van der Waals surface area contributed by atoms with Gasteiger partial charge in [0.15, 0.2) is 5.82 Å². The van der Waals surface area contributed by atoms with E-state index in [1.165, 1.54) is 0 Å². The van der Waals surface area contributed by atoms with Crippen molar-refractivity contribution in [1.82, 2.24) is 30.8 Å². The van der Waals surface area contributed by atoms with E-state index in [2.05, 4.69) is 26.2 Å². The lowest BCUT2D eigenvalue weighted by atomic mass is 10.1. The van der Waals surface area contributed by atoms with Gasteiger partial charge < -0.3 is 25.0 Å². The topological polar surface area (TPSA) is 106 Å². The zero-order chi connectivity index (χ0) is 22.8. The Hall–Kier alpha value is -3.50. The highest BCUT2D eigenvalue weighted by molar-refractivity contribution is 5.74. The molecule has 0 bridgehead atoms. The Morgan fingerprint density at radius 3 is 2.58 bits per heavy atom. The normalized spacial score (nSPS) is 23.8. The highest BCUT2D eigenvalue weighted by Gasteiger charge is 2.50. The molecule has 0 unspecified atom stereocenters. The molecule has 0 saturated carbocycles. The lowest BCUT2D eigenvalue weighted by molar-refractivity contribution is 0.0624. The quantitative estimate of drug-likeness (QED) is 0.589. The van der Waals surface area contributed by atoms with Crippen LogP contribution in [0.2, 0.25) is 0 Å². The predicted octanol–water partition coefficient (Wildman–Crippen LogP) is 1.61. The van der Waals surface area contributed by atoms with Gasteiger partial charge in [0.1, 0.15) is 18.2 Å². The van der Waals surface area contributed by atoms with Gasteiger partial charge in [-0.05, 0) is 40.3 Å². The Morgan fingerprint density at radius 1 is 1.06 bits per heavy atom. The van der Waals surface area contributed by atoms with E-state index in [0.717, 1.165) is 16.8 Å². The third-order valence-corrected chi connectivity index (χ3v) is 6.09. The smallest absolute Gasteiger partial charge is 0.315 e. The van der Waals surface area contributed by atoms with Crippen molar-refractivity contribution in [2.45, 2.75) is 30.8 Å². The van der Waals surface area contributed by atoms with E-state index in [0.29, 0.717) is 25.6 Å². The van der Waals surface area contributed by atoms with Gasteiger partial charge in [-0.15, -0.1) is 5.10 Å². The van der Waals surface area contributed by atoms with Crippen molar-refractivity contribution in [3.05, 3.63) is 60.2 Å². The fourth-order valence-corrected chi connectivity index (χ4v) is 4.33. The summed E-state index contributed by atoms with van der Waals surface area (Å²) < 4.78 is 13.9. The van der Waals surface area contributed by atoms with Crippen LogP contribution in [0.4, 0.5) is 10.5 Å². The van der Waals surface area contributed by atoms with Crippen LogP contribution in [0.5, 0.6) is 0 Å². The number of anilines is 1. The summed E-state index contributed by atoms with van der Waals surface area (Å²) in [5, 5.41) is 18.2. The fraction of sp³-hybridized carbons (Fsp3) is 0.391.